The number of hydrogen-bond acceptors (Lipinski definition) is 3. The van der Waals surface area contributed by atoms with Crippen LogP contribution in [0.5, 0.6) is 0 Å². The minimum atomic E-state index is -0.0192. The van der Waals surface area contributed by atoms with Crippen LogP contribution in [0.15, 0.2) is 15.5 Å². The second-order valence-corrected chi connectivity index (χ2v) is 3.99. The molecule has 1 aromatic rings. The Hall–Kier alpha value is -0.290. The lowest BCUT2D eigenvalue weighted by atomic mass is 10.4. The Balaban J connectivity index is 3.03. The molecule has 0 fully saturated rings. The lowest BCUT2D eigenvalue weighted by molar-refractivity contribution is 0.618. The van der Waals surface area contributed by atoms with Crippen LogP contribution in [0.2, 0.25) is 0 Å². The summed E-state index contributed by atoms with van der Waals surface area (Å²) < 4.78 is 2.16. The standard InChI is InChI=1S/C8H11BrN2OS/c1-6-10-5-7(9)8(12)11(6)3-2-4-13/h5,13H,2-4H2,1H3. The average Bonchev–Trinajstić information content (AvgIpc) is 2.12. The van der Waals surface area contributed by atoms with E-state index in [1.54, 1.807) is 4.57 Å². The molecule has 0 aliphatic heterocycles. The van der Waals surface area contributed by atoms with Crippen molar-refractivity contribution in [2.24, 2.45) is 0 Å². The van der Waals surface area contributed by atoms with E-state index in [4.69, 9.17) is 0 Å². The predicted molar refractivity (Wildman–Crippen MR) is 59.4 cm³/mol. The zero-order valence-corrected chi connectivity index (χ0v) is 9.81. The van der Waals surface area contributed by atoms with Gasteiger partial charge in [0.2, 0.25) is 0 Å². The monoisotopic (exact) mass is 262 g/mol. The summed E-state index contributed by atoms with van der Waals surface area (Å²) in [6.45, 7) is 2.51. The number of halogens is 1. The molecule has 0 amide bonds. The maximum Gasteiger partial charge on any atom is 0.267 e. The Morgan fingerprint density at radius 2 is 2.38 bits per heavy atom. The van der Waals surface area contributed by atoms with Gasteiger partial charge in [0.15, 0.2) is 0 Å². The van der Waals surface area contributed by atoms with Crippen LogP contribution in [0.25, 0.3) is 0 Å². The Kier molecular flexibility index (Phi) is 3.99. The van der Waals surface area contributed by atoms with Crippen LogP contribution in [-0.4, -0.2) is 15.3 Å². The molecule has 0 aliphatic rings. The Morgan fingerprint density at radius 1 is 1.69 bits per heavy atom. The van der Waals surface area contributed by atoms with E-state index in [0.717, 1.165) is 18.0 Å². The number of rotatable bonds is 3. The summed E-state index contributed by atoms with van der Waals surface area (Å²) in [7, 11) is 0. The number of nitrogens with zero attached hydrogens (tertiary/aromatic N) is 2. The Morgan fingerprint density at radius 3 is 3.00 bits per heavy atom. The quantitative estimate of drug-likeness (QED) is 0.841. The third-order valence-corrected chi connectivity index (χ3v) is 2.60. The van der Waals surface area contributed by atoms with Crippen molar-refractivity contribution in [2.75, 3.05) is 5.75 Å². The van der Waals surface area contributed by atoms with Crippen molar-refractivity contribution in [1.82, 2.24) is 9.55 Å². The van der Waals surface area contributed by atoms with Gasteiger partial charge in [-0.05, 0) is 35.0 Å². The molecular weight excluding hydrogens is 252 g/mol. The van der Waals surface area contributed by atoms with Crippen molar-refractivity contribution < 1.29 is 0 Å². The highest BCUT2D eigenvalue weighted by Gasteiger charge is 2.03. The fourth-order valence-electron chi connectivity index (χ4n) is 1.04. The Labute approximate surface area is 90.7 Å². The van der Waals surface area contributed by atoms with Crippen LogP contribution in [0.3, 0.4) is 0 Å². The molecule has 3 nitrogen and oxygen atoms in total. The number of aryl methyl sites for hydroxylation is 1. The molecule has 0 aromatic carbocycles. The van der Waals surface area contributed by atoms with Gasteiger partial charge in [-0.2, -0.15) is 12.6 Å². The van der Waals surface area contributed by atoms with Gasteiger partial charge in [0.1, 0.15) is 10.3 Å². The molecule has 0 N–H and O–H groups in total. The van der Waals surface area contributed by atoms with E-state index in [0.29, 0.717) is 11.0 Å². The molecule has 72 valence electrons. The van der Waals surface area contributed by atoms with Gasteiger partial charge in [-0.15, -0.1) is 0 Å². The first-order valence-corrected chi connectivity index (χ1v) is 5.42. The predicted octanol–water partition coefficient (Wildman–Crippen LogP) is 1.63. The molecule has 1 heterocycles. The van der Waals surface area contributed by atoms with Gasteiger partial charge >= 0.3 is 0 Å². The first kappa shape index (κ1) is 10.8. The molecule has 0 atom stereocenters. The van der Waals surface area contributed by atoms with Crippen molar-refractivity contribution in [3.05, 3.63) is 26.8 Å². The summed E-state index contributed by atoms with van der Waals surface area (Å²) in [4.78, 5) is 15.6. The van der Waals surface area contributed by atoms with Crippen molar-refractivity contribution >= 4 is 28.6 Å². The minimum Gasteiger partial charge on any atom is -0.296 e. The maximum atomic E-state index is 11.5. The summed E-state index contributed by atoms with van der Waals surface area (Å²) in [6.07, 6.45) is 2.41. The van der Waals surface area contributed by atoms with Crippen LogP contribution >= 0.6 is 28.6 Å². The van der Waals surface area contributed by atoms with E-state index in [-0.39, 0.29) is 5.56 Å². The molecule has 0 radical (unpaired) electrons. The largest absolute Gasteiger partial charge is 0.296 e. The molecule has 1 rings (SSSR count). The van der Waals surface area contributed by atoms with Crippen LogP contribution < -0.4 is 5.56 Å². The van der Waals surface area contributed by atoms with Crippen LogP contribution in [0.1, 0.15) is 12.2 Å². The van der Waals surface area contributed by atoms with Gasteiger partial charge in [-0.25, -0.2) is 4.98 Å². The van der Waals surface area contributed by atoms with E-state index in [1.807, 2.05) is 6.92 Å². The van der Waals surface area contributed by atoms with E-state index in [1.165, 1.54) is 6.20 Å². The molecule has 0 saturated heterocycles. The molecule has 1 aromatic heterocycles. The van der Waals surface area contributed by atoms with Gasteiger partial charge in [0.05, 0.1) is 0 Å². The second kappa shape index (κ2) is 4.81. The highest BCUT2D eigenvalue weighted by molar-refractivity contribution is 9.10. The summed E-state index contributed by atoms with van der Waals surface area (Å²) in [6, 6.07) is 0. The first-order chi connectivity index (χ1) is 6.16. The lowest BCUT2D eigenvalue weighted by Gasteiger charge is -2.07. The summed E-state index contributed by atoms with van der Waals surface area (Å²) in [5, 5.41) is 0. The topological polar surface area (TPSA) is 34.9 Å². The normalized spacial score (nSPS) is 10.4. The van der Waals surface area contributed by atoms with Gasteiger partial charge < -0.3 is 0 Å². The molecular formula is C8H11BrN2OS. The summed E-state index contributed by atoms with van der Waals surface area (Å²) in [5.74, 6) is 1.52. The Bertz CT molecular complexity index is 350. The van der Waals surface area contributed by atoms with Crippen molar-refractivity contribution in [2.45, 2.75) is 19.9 Å². The number of aromatic nitrogens is 2. The molecule has 0 spiro atoms. The number of thiol groups is 1. The smallest absolute Gasteiger partial charge is 0.267 e. The SMILES string of the molecule is Cc1ncc(Br)c(=O)n1CCCS. The molecule has 0 saturated carbocycles. The summed E-state index contributed by atoms with van der Waals surface area (Å²) in [5.41, 5.74) is -0.0192. The molecule has 5 heteroatoms. The fourth-order valence-corrected chi connectivity index (χ4v) is 1.50. The van der Waals surface area contributed by atoms with Gasteiger partial charge in [-0.1, -0.05) is 0 Å². The fraction of sp³-hybridized carbons (Fsp3) is 0.500. The summed E-state index contributed by atoms with van der Waals surface area (Å²) >= 11 is 7.25. The average molecular weight is 263 g/mol. The van der Waals surface area contributed by atoms with Crippen molar-refractivity contribution in [3.63, 3.8) is 0 Å². The highest BCUT2D eigenvalue weighted by Crippen LogP contribution is 2.02. The van der Waals surface area contributed by atoms with Crippen LogP contribution in [0, 0.1) is 6.92 Å². The minimum absolute atomic E-state index is 0.0192. The zero-order valence-electron chi connectivity index (χ0n) is 7.33. The molecule has 0 unspecified atom stereocenters. The van der Waals surface area contributed by atoms with E-state index in [2.05, 4.69) is 33.5 Å². The maximum absolute atomic E-state index is 11.5. The second-order valence-electron chi connectivity index (χ2n) is 2.69. The van der Waals surface area contributed by atoms with Gasteiger partial charge in [-0.3, -0.25) is 9.36 Å². The molecule has 0 bridgehead atoms. The van der Waals surface area contributed by atoms with Crippen molar-refractivity contribution in [1.29, 1.82) is 0 Å². The molecule has 13 heavy (non-hydrogen) atoms. The lowest BCUT2D eigenvalue weighted by Crippen LogP contribution is -2.24. The third-order valence-electron chi connectivity index (χ3n) is 1.74. The van der Waals surface area contributed by atoms with Gasteiger partial charge in [0.25, 0.3) is 5.56 Å². The van der Waals surface area contributed by atoms with E-state index >= 15 is 0 Å². The van der Waals surface area contributed by atoms with Gasteiger partial charge in [0, 0.05) is 12.7 Å². The van der Waals surface area contributed by atoms with E-state index in [9.17, 15) is 4.79 Å². The zero-order chi connectivity index (χ0) is 9.84. The first-order valence-electron chi connectivity index (χ1n) is 3.99. The molecule has 0 aliphatic carbocycles. The van der Waals surface area contributed by atoms with Crippen molar-refractivity contribution in [3.8, 4) is 0 Å². The third kappa shape index (κ3) is 2.57. The van der Waals surface area contributed by atoms with Crippen LogP contribution in [0.4, 0.5) is 0 Å². The van der Waals surface area contributed by atoms with Crippen LogP contribution in [-0.2, 0) is 6.54 Å². The highest BCUT2D eigenvalue weighted by atomic mass is 79.9. The van der Waals surface area contributed by atoms with E-state index < -0.39 is 0 Å². The number of hydrogen-bond donors (Lipinski definition) is 1.